The summed E-state index contributed by atoms with van der Waals surface area (Å²) in [6, 6.07) is 11.3. The second-order valence-electron chi connectivity index (χ2n) is 7.04. The van der Waals surface area contributed by atoms with Gasteiger partial charge in [0.25, 0.3) is 5.91 Å². The number of nitrogens with zero attached hydrogens (tertiary/aromatic N) is 1. The highest BCUT2D eigenvalue weighted by molar-refractivity contribution is 8.26. The Balaban J connectivity index is 1.60. The number of hydrogen-bond acceptors (Lipinski definition) is 6. The molecule has 1 amide bonds. The zero-order chi connectivity index (χ0) is 21.8. The van der Waals surface area contributed by atoms with E-state index < -0.39 is 0 Å². The van der Waals surface area contributed by atoms with Crippen LogP contribution in [0.15, 0.2) is 41.3 Å². The highest BCUT2D eigenvalue weighted by atomic mass is 35.5. The maximum Gasteiger partial charge on any atom is 0.263 e. The lowest BCUT2D eigenvalue weighted by Crippen LogP contribution is -2.38. The van der Waals surface area contributed by atoms with E-state index in [0.717, 1.165) is 55.3 Å². The molecule has 0 aliphatic carbocycles. The van der Waals surface area contributed by atoms with Gasteiger partial charge in [0.05, 0.1) is 28.2 Å². The highest BCUT2D eigenvalue weighted by Crippen LogP contribution is 2.36. The monoisotopic (exact) mass is 494 g/mol. The number of carbonyl (C=O) groups is 1. The summed E-state index contributed by atoms with van der Waals surface area (Å²) in [5.41, 5.74) is 2.62. The Morgan fingerprint density at radius 1 is 1.16 bits per heavy atom. The quantitative estimate of drug-likeness (QED) is 0.457. The average Bonchev–Trinajstić information content (AvgIpc) is 3.08. The lowest BCUT2D eigenvalue weighted by atomic mass is 10.0. The van der Waals surface area contributed by atoms with Gasteiger partial charge in [-0.1, -0.05) is 59.3 Å². The highest BCUT2D eigenvalue weighted by Gasteiger charge is 2.22. The summed E-state index contributed by atoms with van der Waals surface area (Å²) in [5.74, 6) is 0.560. The standard InChI is InChI=1S/C22H20Cl2N2O3S2/c23-17-3-2-15(13-18(17)24)16-11-14(12-20-21(27)25-22(30)31-20)1-4-19(16)29-10-7-26-5-8-28-9-6-26/h1-4,11-13H,5-10H2,(H,25,27,30)/b20-12-. The van der Waals surface area contributed by atoms with Crippen molar-refractivity contribution in [2.75, 3.05) is 39.5 Å². The molecule has 2 aliphatic heterocycles. The SMILES string of the molecule is O=C1NC(=S)S/C1=C\c1ccc(OCCN2CCOCC2)c(-c2ccc(Cl)c(Cl)c2)c1. The minimum atomic E-state index is -0.183. The molecular formula is C22H20Cl2N2O3S2. The van der Waals surface area contributed by atoms with Crippen molar-refractivity contribution in [2.45, 2.75) is 0 Å². The third-order valence-electron chi connectivity index (χ3n) is 4.94. The number of thioether (sulfide) groups is 1. The zero-order valence-electron chi connectivity index (χ0n) is 16.5. The first-order valence-corrected chi connectivity index (χ1v) is 11.7. The molecule has 5 nitrogen and oxygen atoms in total. The molecule has 2 heterocycles. The minimum absolute atomic E-state index is 0.183. The Labute approximate surface area is 200 Å². The van der Waals surface area contributed by atoms with Crippen molar-refractivity contribution >= 4 is 63.5 Å². The number of rotatable bonds is 6. The van der Waals surface area contributed by atoms with E-state index in [2.05, 4.69) is 10.2 Å². The zero-order valence-corrected chi connectivity index (χ0v) is 19.7. The molecule has 1 N–H and O–H groups in total. The van der Waals surface area contributed by atoms with Gasteiger partial charge in [0.1, 0.15) is 16.7 Å². The first kappa shape index (κ1) is 22.6. The summed E-state index contributed by atoms with van der Waals surface area (Å²) in [6.45, 7) is 4.72. The van der Waals surface area contributed by atoms with Crippen LogP contribution in [0.1, 0.15) is 5.56 Å². The molecule has 2 saturated heterocycles. The summed E-state index contributed by atoms with van der Waals surface area (Å²) in [4.78, 5) is 14.9. The van der Waals surface area contributed by atoms with Crippen molar-refractivity contribution in [1.29, 1.82) is 0 Å². The van der Waals surface area contributed by atoms with Gasteiger partial charge in [0.15, 0.2) is 0 Å². The van der Waals surface area contributed by atoms with Crippen LogP contribution >= 0.6 is 47.2 Å². The molecule has 0 spiro atoms. The molecule has 2 fully saturated rings. The summed E-state index contributed by atoms with van der Waals surface area (Å²) in [5, 5.41) is 3.60. The molecule has 0 bridgehead atoms. The first-order chi connectivity index (χ1) is 15.0. The van der Waals surface area contributed by atoms with Crippen LogP contribution < -0.4 is 10.1 Å². The molecular weight excluding hydrogens is 475 g/mol. The molecule has 0 radical (unpaired) electrons. The van der Waals surface area contributed by atoms with Gasteiger partial charge >= 0.3 is 0 Å². The third kappa shape index (κ3) is 5.80. The predicted molar refractivity (Wildman–Crippen MR) is 131 cm³/mol. The molecule has 4 rings (SSSR count). The summed E-state index contributed by atoms with van der Waals surface area (Å²) < 4.78 is 12.0. The smallest absolute Gasteiger partial charge is 0.263 e. The minimum Gasteiger partial charge on any atom is -0.492 e. The third-order valence-corrected chi connectivity index (χ3v) is 6.84. The van der Waals surface area contributed by atoms with Crippen molar-refractivity contribution < 1.29 is 14.3 Å². The van der Waals surface area contributed by atoms with Crippen molar-refractivity contribution in [3.05, 3.63) is 56.9 Å². The summed E-state index contributed by atoms with van der Waals surface area (Å²) in [7, 11) is 0. The number of halogens is 2. The number of benzene rings is 2. The normalized spacial score (nSPS) is 18.5. The largest absolute Gasteiger partial charge is 0.492 e. The van der Waals surface area contributed by atoms with E-state index in [-0.39, 0.29) is 5.91 Å². The Kier molecular flexibility index (Phi) is 7.53. The fourth-order valence-corrected chi connectivity index (χ4v) is 4.68. The number of morpholine rings is 1. The van der Waals surface area contributed by atoms with Gasteiger partial charge in [0, 0.05) is 25.2 Å². The van der Waals surface area contributed by atoms with Crippen molar-refractivity contribution in [2.24, 2.45) is 0 Å². The predicted octanol–water partition coefficient (Wildman–Crippen LogP) is 4.86. The van der Waals surface area contributed by atoms with E-state index in [9.17, 15) is 4.79 Å². The van der Waals surface area contributed by atoms with Crippen LogP contribution in [0.2, 0.25) is 10.0 Å². The molecule has 0 aromatic heterocycles. The number of thiocarbonyl (C=S) groups is 1. The lowest BCUT2D eigenvalue weighted by Gasteiger charge is -2.26. The first-order valence-electron chi connectivity index (χ1n) is 9.77. The van der Waals surface area contributed by atoms with Crippen LogP contribution in [0, 0.1) is 0 Å². The number of hydrogen-bond donors (Lipinski definition) is 1. The van der Waals surface area contributed by atoms with Gasteiger partial charge in [-0.05, 0) is 41.5 Å². The van der Waals surface area contributed by atoms with Gasteiger partial charge in [-0.25, -0.2) is 0 Å². The number of amides is 1. The molecule has 31 heavy (non-hydrogen) atoms. The van der Waals surface area contributed by atoms with E-state index in [4.69, 9.17) is 44.9 Å². The molecule has 0 atom stereocenters. The number of carbonyl (C=O) groups excluding carboxylic acids is 1. The molecule has 2 aromatic rings. The van der Waals surface area contributed by atoms with Crippen molar-refractivity contribution in [3.8, 4) is 16.9 Å². The van der Waals surface area contributed by atoms with Crippen LogP contribution in [-0.4, -0.2) is 54.6 Å². The Bertz CT molecular complexity index is 1040. The summed E-state index contributed by atoms with van der Waals surface area (Å²) in [6.07, 6.45) is 1.82. The van der Waals surface area contributed by atoms with E-state index in [1.807, 2.05) is 36.4 Å². The molecule has 0 saturated carbocycles. The average molecular weight is 495 g/mol. The van der Waals surface area contributed by atoms with Crippen molar-refractivity contribution in [1.82, 2.24) is 10.2 Å². The van der Waals surface area contributed by atoms with Gasteiger partial charge in [-0.15, -0.1) is 0 Å². The fraction of sp³-hybridized carbons (Fsp3) is 0.273. The number of nitrogens with one attached hydrogen (secondary N) is 1. The molecule has 2 aliphatic rings. The van der Waals surface area contributed by atoms with Crippen LogP contribution in [0.4, 0.5) is 0 Å². The molecule has 9 heteroatoms. The van der Waals surface area contributed by atoms with Gasteiger partial charge in [0.2, 0.25) is 0 Å². The molecule has 162 valence electrons. The lowest BCUT2D eigenvalue weighted by molar-refractivity contribution is -0.115. The van der Waals surface area contributed by atoms with Crippen LogP contribution in [0.25, 0.3) is 17.2 Å². The molecule has 2 aromatic carbocycles. The van der Waals surface area contributed by atoms with E-state index in [1.54, 1.807) is 6.07 Å². The van der Waals surface area contributed by atoms with Gasteiger partial charge < -0.3 is 14.8 Å². The van der Waals surface area contributed by atoms with E-state index in [1.165, 1.54) is 11.8 Å². The topological polar surface area (TPSA) is 50.8 Å². The Morgan fingerprint density at radius 2 is 1.97 bits per heavy atom. The number of ether oxygens (including phenoxy) is 2. The van der Waals surface area contributed by atoms with Crippen LogP contribution in [0.5, 0.6) is 5.75 Å². The maximum absolute atomic E-state index is 12.0. The maximum atomic E-state index is 12.0. The molecule has 0 unspecified atom stereocenters. The second kappa shape index (κ2) is 10.3. The van der Waals surface area contributed by atoms with Crippen molar-refractivity contribution in [3.63, 3.8) is 0 Å². The van der Waals surface area contributed by atoms with Crippen LogP contribution in [-0.2, 0) is 9.53 Å². The van der Waals surface area contributed by atoms with Gasteiger partial charge in [-0.2, -0.15) is 0 Å². The second-order valence-corrected chi connectivity index (χ2v) is 9.57. The summed E-state index contributed by atoms with van der Waals surface area (Å²) >= 11 is 18.7. The Morgan fingerprint density at radius 3 is 2.68 bits per heavy atom. The van der Waals surface area contributed by atoms with Gasteiger partial charge in [-0.3, -0.25) is 9.69 Å². The van der Waals surface area contributed by atoms with E-state index >= 15 is 0 Å². The van der Waals surface area contributed by atoms with E-state index in [0.29, 0.717) is 25.9 Å². The van der Waals surface area contributed by atoms with Crippen LogP contribution in [0.3, 0.4) is 0 Å². The fourth-order valence-electron chi connectivity index (χ4n) is 3.33. The Hall–Kier alpha value is -1.61.